The molecule has 0 amide bonds. The van der Waals surface area contributed by atoms with E-state index in [4.69, 9.17) is 23.8 Å². The average Bonchev–Trinajstić information content (AvgIpc) is 2.74. The third-order valence-electron chi connectivity index (χ3n) is 2.89. The Balaban J connectivity index is 2.48. The first kappa shape index (κ1) is 13.7. The second kappa shape index (κ2) is 4.95. The van der Waals surface area contributed by atoms with Crippen molar-refractivity contribution in [2.75, 3.05) is 0 Å². The SMILES string of the molecule is Fc1ccc2[nH]c(=S)n(-c3cc(Br)ccc3Cl)c2c1F. The second-order valence-electron chi connectivity index (χ2n) is 4.12. The molecule has 0 bridgehead atoms. The second-order valence-corrected chi connectivity index (χ2v) is 5.83. The van der Waals surface area contributed by atoms with Gasteiger partial charge in [-0.1, -0.05) is 27.5 Å². The zero-order valence-corrected chi connectivity index (χ0v) is 12.9. The van der Waals surface area contributed by atoms with E-state index in [0.717, 1.165) is 10.5 Å². The number of nitrogens with zero attached hydrogens (tertiary/aromatic N) is 1. The molecule has 0 spiro atoms. The van der Waals surface area contributed by atoms with Crippen LogP contribution in [0.2, 0.25) is 5.02 Å². The lowest BCUT2D eigenvalue weighted by molar-refractivity contribution is 0.514. The maximum absolute atomic E-state index is 14.1. The lowest BCUT2D eigenvalue weighted by Crippen LogP contribution is -1.98. The number of hydrogen-bond donors (Lipinski definition) is 1. The Labute approximate surface area is 131 Å². The summed E-state index contributed by atoms with van der Waals surface area (Å²) in [6, 6.07) is 7.58. The van der Waals surface area contributed by atoms with Gasteiger partial charge in [0.25, 0.3) is 0 Å². The molecule has 0 aliphatic heterocycles. The zero-order chi connectivity index (χ0) is 14.4. The fourth-order valence-electron chi connectivity index (χ4n) is 2.02. The minimum Gasteiger partial charge on any atom is -0.330 e. The van der Waals surface area contributed by atoms with Gasteiger partial charge >= 0.3 is 0 Å². The summed E-state index contributed by atoms with van der Waals surface area (Å²) < 4.78 is 29.9. The summed E-state index contributed by atoms with van der Waals surface area (Å²) in [7, 11) is 0. The molecule has 0 saturated heterocycles. The lowest BCUT2D eigenvalue weighted by Gasteiger charge is -2.08. The number of hydrogen-bond acceptors (Lipinski definition) is 1. The van der Waals surface area contributed by atoms with Gasteiger partial charge in [-0.25, -0.2) is 8.78 Å². The van der Waals surface area contributed by atoms with Crippen molar-refractivity contribution in [3.05, 3.63) is 56.2 Å². The Bertz CT molecular complexity index is 888. The first-order chi connectivity index (χ1) is 9.49. The van der Waals surface area contributed by atoms with E-state index in [2.05, 4.69) is 20.9 Å². The minimum atomic E-state index is -0.967. The van der Waals surface area contributed by atoms with Gasteiger partial charge in [-0.05, 0) is 42.5 Å². The van der Waals surface area contributed by atoms with Gasteiger partial charge in [0, 0.05) is 4.47 Å². The number of aromatic nitrogens is 2. The average molecular weight is 376 g/mol. The number of H-pyrrole nitrogens is 1. The van der Waals surface area contributed by atoms with Gasteiger partial charge in [0.05, 0.1) is 16.2 Å². The molecule has 2 nitrogen and oxygen atoms in total. The normalized spacial score (nSPS) is 11.2. The van der Waals surface area contributed by atoms with E-state index in [9.17, 15) is 8.78 Å². The molecule has 7 heteroatoms. The van der Waals surface area contributed by atoms with Gasteiger partial charge in [0.15, 0.2) is 16.4 Å². The Morgan fingerprint density at radius 2 is 1.95 bits per heavy atom. The highest BCUT2D eigenvalue weighted by molar-refractivity contribution is 9.10. The maximum atomic E-state index is 14.1. The van der Waals surface area contributed by atoms with E-state index in [1.54, 1.807) is 18.2 Å². The van der Waals surface area contributed by atoms with Crippen LogP contribution in [0.4, 0.5) is 8.78 Å². The molecule has 20 heavy (non-hydrogen) atoms. The van der Waals surface area contributed by atoms with Gasteiger partial charge in [-0.2, -0.15) is 0 Å². The number of imidazole rings is 1. The van der Waals surface area contributed by atoms with Gasteiger partial charge < -0.3 is 4.98 Å². The van der Waals surface area contributed by atoms with Crippen LogP contribution in [-0.2, 0) is 0 Å². The molecule has 3 rings (SSSR count). The molecule has 1 heterocycles. The largest absolute Gasteiger partial charge is 0.330 e. The highest BCUT2D eigenvalue weighted by atomic mass is 79.9. The van der Waals surface area contributed by atoms with E-state index in [-0.39, 0.29) is 10.3 Å². The van der Waals surface area contributed by atoms with Crippen LogP contribution in [0.5, 0.6) is 0 Å². The molecule has 0 atom stereocenters. The summed E-state index contributed by atoms with van der Waals surface area (Å²) in [5, 5.41) is 0.383. The van der Waals surface area contributed by atoms with Crippen molar-refractivity contribution < 1.29 is 8.78 Å². The number of benzene rings is 2. The molecule has 0 unspecified atom stereocenters. The summed E-state index contributed by atoms with van der Waals surface area (Å²) in [6.45, 7) is 0. The Morgan fingerprint density at radius 3 is 2.70 bits per heavy atom. The van der Waals surface area contributed by atoms with Crippen molar-refractivity contribution in [3.8, 4) is 5.69 Å². The molecule has 0 aliphatic carbocycles. The fraction of sp³-hybridized carbons (Fsp3) is 0. The van der Waals surface area contributed by atoms with Crippen molar-refractivity contribution in [1.29, 1.82) is 0 Å². The number of halogens is 4. The Hall–Kier alpha value is -1.24. The first-order valence-electron chi connectivity index (χ1n) is 5.53. The molecular formula is C13H6BrClF2N2S. The van der Waals surface area contributed by atoms with Crippen LogP contribution in [0, 0.1) is 16.4 Å². The van der Waals surface area contributed by atoms with Crippen LogP contribution in [0.15, 0.2) is 34.8 Å². The molecule has 0 radical (unpaired) electrons. The van der Waals surface area contributed by atoms with Crippen LogP contribution < -0.4 is 0 Å². The number of aromatic amines is 1. The van der Waals surface area contributed by atoms with Gasteiger partial charge in [0.1, 0.15) is 5.52 Å². The van der Waals surface area contributed by atoms with E-state index in [1.807, 2.05) is 0 Å². The molecule has 102 valence electrons. The van der Waals surface area contributed by atoms with Crippen LogP contribution in [0.3, 0.4) is 0 Å². The number of rotatable bonds is 1. The molecule has 3 aromatic rings. The summed E-state index contributed by atoms with van der Waals surface area (Å²) in [5.74, 6) is -1.91. The number of nitrogens with one attached hydrogen (secondary N) is 1. The van der Waals surface area contributed by atoms with E-state index in [0.29, 0.717) is 16.2 Å². The smallest absolute Gasteiger partial charge is 0.184 e. The van der Waals surface area contributed by atoms with E-state index < -0.39 is 11.6 Å². The van der Waals surface area contributed by atoms with Crippen molar-refractivity contribution >= 4 is 50.8 Å². The van der Waals surface area contributed by atoms with Crippen LogP contribution in [0.25, 0.3) is 16.7 Å². The first-order valence-corrected chi connectivity index (χ1v) is 7.11. The molecule has 0 fully saturated rings. The van der Waals surface area contributed by atoms with Gasteiger partial charge in [0.2, 0.25) is 0 Å². The topological polar surface area (TPSA) is 20.7 Å². The lowest BCUT2D eigenvalue weighted by atomic mass is 10.2. The minimum absolute atomic E-state index is 0.0370. The van der Waals surface area contributed by atoms with Crippen LogP contribution >= 0.6 is 39.7 Å². The molecule has 2 aromatic carbocycles. The van der Waals surface area contributed by atoms with Crippen molar-refractivity contribution in [1.82, 2.24) is 9.55 Å². The zero-order valence-electron chi connectivity index (χ0n) is 9.75. The third kappa shape index (κ3) is 2.08. The summed E-state index contributed by atoms with van der Waals surface area (Å²) in [4.78, 5) is 2.84. The third-order valence-corrected chi connectivity index (χ3v) is 3.98. The number of fused-ring (bicyclic) bond motifs is 1. The predicted octanol–water partition coefficient (Wildman–Crippen LogP) is 5.38. The Morgan fingerprint density at radius 1 is 1.20 bits per heavy atom. The highest BCUT2D eigenvalue weighted by Crippen LogP contribution is 2.30. The molecule has 0 aliphatic rings. The summed E-state index contributed by atoms with van der Waals surface area (Å²) in [5.41, 5.74) is 0.918. The van der Waals surface area contributed by atoms with Crippen LogP contribution in [0.1, 0.15) is 0 Å². The van der Waals surface area contributed by atoms with Crippen molar-refractivity contribution in [3.63, 3.8) is 0 Å². The molecule has 0 saturated carbocycles. The summed E-state index contributed by atoms with van der Waals surface area (Å²) in [6.07, 6.45) is 0. The van der Waals surface area contributed by atoms with E-state index >= 15 is 0 Å². The maximum Gasteiger partial charge on any atom is 0.184 e. The van der Waals surface area contributed by atoms with Crippen LogP contribution in [-0.4, -0.2) is 9.55 Å². The predicted molar refractivity (Wildman–Crippen MR) is 81.1 cm³/mol. The standard InChI is InChI=1S/C13H6BrClF2N2S/c14-6-1-2-7(15)10(5-6)19-12-9(18-13(19)20)4-3-8(16)11(12)17/h1-5H,(H,18,20). The van der Waals surface area contributed by atoms with E-state index in [1.165, 1.54) is 10.6 Å². The monoisotopic (exact) mass is 374 g/mol. The highest BCUT2D eigenvalue weighted by Gasteiger charge is 2.16. The Kier molecular flexibility index (Phi) is 3.40. The molecular weight excluding hydrogens is 370 g/mol. The molecule has 1 aromatic heterocycles. The van der Waals surface area contributed by atoms with Crippen molar-refractivity contribution in [2.45, 2.75) is 0 Å². The van der Waals surface area contributed by atoms with Crippen molar-refractivity contribution in [2.24, 2.45) is 0 Å². The summed E-state index contributed by atoms with van der Waals surface area (Å²) >= 11 is 14.6. The van der Waals surface area contributed by atoms with Gasteiger partial charge in [-0.3, -0.25) is 4.57 Å². The molecule has 1 N–H and O–H groups in total. The fourth-order valence-corrected chi connectivity index (χ4v) is 2.87. The van der Waals surface area contributed by atoms with Gasteiger partial charge in [-0.15, -0.1) is 0 Å². The quantitative estimate of drug-likeness (QED) is 0.566.